The van der Waals surface area contributed by atoms with Crippen molar-refractivity contribution in [1.82, 2.24) is 0 Å². The molecule has 24 heavy (non-hydrogen) atoms. The molecule has 0 aliphatic rings. The maximum absolute atomic E-state index is 11.5. The van der Waals surface area contributed by atoms with E-state index in [0.717, 1.165) is 40.4 Å². The minimum Gasteiger partial charge on any atom is -0.457 e. The van der Waals surface area contributed by atoms with Gasteiger partial charge in [-0.25, -0.2) is 4.79 Å². The molecule has 132 valence electrons. The summed E-state index contributed by atoms with van der Waals surface area (Å²) in [5.74, 6) is -0.276. The van der Waals surface area contributed by atoms with Crippen LogP contribution in [0, 0.1) is 0 Å². The molecule has 0 aromatic heterocycles. The van der Waals surface area contributed by atoms with Crippen molar-refractivity contribution in [2.24, 2.45) is 0 Å². The van der Waals surface area contributed by atoms with Gasteiger partial charge in [-0.15, -0.1) is 0 Å². The molecular formula is C19H25Br2NO2. The van der Waals surface area contributed by atoms with Crippen LogP contribution in [0.1, 0.15) is 45.6 Å². The SMILES string of the molecule is CC(C)(C)OC(=O)C=CCCCCNc1ccccc1C=C(Br)Br. The van der Waals surface area contributed by atoms with Gasteiger partial charge in [0, 0.05) is 18.3 Å². The van der Waals surface area contributed by atoms with E-state index in [1.165, 1.54) is 6.08 Å². The summed E-state index contributed by atoms with van der Waals surface area (Å²) in [6.07, 6.45) is 8.35. The van der Waals surface area contributed by atoms with Gasteiger partial charge < -0.3 is 10.1 Å². The van der Waals surface area contributed by atoms with Gasteiger partial charge in [0.25, 0.3) is 0 Å². The molecule has 0 atom stereocenters. The Hall–Kier alpha value is -1.07. The molecule has 0 spiro atoms. The lowest BCUT2D eigenvalue weighted by Gasteiger charge is -2.17. The van der Waals surface area contributed by atoms with Crippen LogP contribution in [0.4, 0.5) is 5.69 Å². The summed E-state index contributed by atoms with van der Waals surface area (Å²) in [6.45, 7) is 6.49. The number of rotatable bonds is 8. The van der Waals surface area contributed by atoms with Crippen LogP contribution >= 0.6 is 31.9 Å². The number of allylic oxidation sites excluding steroid dienone is 1. The molecule has 0 saturated heterocycles. The highest BCUT2D eigenvalue weighted by molar-refractivity contribution is 9.28. The van der Waals surface area contributed by atoms with Crippen LogP contribution in [0.5, 0.6) is 0 Å². The molecule has 1 N–H and O–H groups in total. The third-order valence-corrected chi connectivity index (χ3v) is 3.46. The van der Waals surface area contributed by atoms with E-state index in [0.29, 0.717) is 0 Å². The summed E-state index contributed by atoms with van der Waals surface area (Å²) in [6, 6.07) is 8.17. The molecule has 1 aromatic rings. The van der Waals surface area contributed by atoms with Gasteiger partial charge in [-0.2, -0.15) is 0 Å². The minimum absolute atomic E-state index is 0.276. The fourth-order valence-electron chi connectivity index (χ4n) is 2.03. The summed E-state index contributed by atoms with van der Waals surface area (Å²) in [5.41, 5.74) is 1.81. The number of halogens is 2. The third kappa shape index (κ3) is 9.93. The molecule has 0 aliphatic heterocycles. The molecule has 0 fully saturated rings. The van der Waals surface area contributed by atoms with Crippen molar-refractivity contribution < 1.29 is 9.53 Å². The molecular weight excluding hydrogens is 434 g/mol. The lowest BCUT2D eigenvalue weighted by atomic mass is 10.1. The number of hydrogen-bond acceptors (Lipinski definition) is 3. The fraction of sp³-hybridized carbons (Fsp3) is 0.421. The van der Waals surface area contributed by atoms with Crippen molar-refractivity contribution in [3.05, 3.63) is 45.4 Å². The van der Waals surface area contributed by atoms with E-state index in [-0.39, 0.29) is 5.97 Å². The Morgan fingerprint density at radius 3 is 2.58 bits per heavy atom. The van der Waals surface area contributed by atoms with Gasteiger partial charge in [-0.1, -0.05) is 24.3 Å². The van der Waals surface area contributed by atoms with Crippen LogP contribution < -0.4 is 5.32 Å². The van der Waals surface area contributed by atoms with Gasteiger partial charge in [0.15, 0.2) is 0 Å². The lowest BCUT2D eigenvalue weighted by molar-refractivity contribution is -0.148. The van der Waals surface area contributed by atoms with Crippen LogP contribution in [0.3, 0.4) is 0 Å². The maximum Gasteiger partial charge on any atom is 0.330 e. The molecule has 0 aliphatic carbocycles. The number of carbonyl (C=O) groups excluding carboxylic acids is 1. The van der Waals surface area contributed by atoms with E-state index in [1.807, 2.05) is 45.1 Å². The van der Waals surface area contributed by atoms with E-state index >= 15 is 0 Å². The highest BCUT2D eigenvalue weighted by Crippen LogP contribution is 2.23. The topological polar surface area (TPSA) is 38.3 Å². The Morgan fingerprint density at radius 1 is 1.21 bits per heavy atom. The molecule has 0 radical (unpaired) electrons. The van der Waals surface area contributed by atoms with Crippen LogP contribution in [-0.2, 0) is 9.53 Å². The first kappa shape index (κ1) is 21.0. The van der Waals surface area contributed by atoms with E-state index < -0.39 is 5.60 Å². The van der Waals surface area contributed by atoms with Crippen molar-refractivity contribution in [3.8, 4) is 0 Å². The smallest absolute Gasteiger partial charge is 0.330 e. The molecule has 0 heterocycles. The lowest BCUT2D eigenvalue weighted by Crippen LogP contribution is -2.22. The summed E-state index contributed by atoms with van der Waals surface area (Å²) in [7, 11) is 0. The number of unbranched alkanes of at least 4 members (excludes halogenated alkanes) is 2. The van der Waals surface area contributed by atoms with Gasteiger partial charge in [0.1, 0.15) is 5.60 Å². The predicted molar refractivity (Wildman–Crippen MR) is 110 cm³/mol. The zero-order valence-electron chi connectivity index (χ0n) is 14.4. The number of anilines is 1. The Bertz CT molecular complexity index is 585. The van der Waals surface area contributed by atoms with Crippen LogP contribution in [0.15, 0.2) is 39.8 Å². The molecule has 1 aromatic carbocycles. The Labute approximate surface area is 161 Å². The number of nitrogens with one attached hydrogen (secondary N) is 1. The molecule has 0 bridgehead atoms. The average molecular weight is 459 g/mol. The Morgan fingerprint density at radius 2 is 1.92 bits per heavy atom. The molecule has 0 amide bonds. The Balaban J connectivity index is 2.28. The average Bonchev–Trinajstić information content (AvgIpc) is 2.45. The highest BCUT2D eigenvalue weighted by Gasteiger charge is 2.13. The van der Waals surface area contributed by atoms with Gasteiger partial charge >= 0.3 is 5.97 Å². The van der Waals surface area contributed by atoms with Crippen molar-refractivity contribution in [2.75, 3.05) is 11.9 Å². The standard InChI is InChI=1S/C19H25Br2NO2/c1-19(2,3)24-18(23)12-6-4-5-9-13-22-16-11-8-7-10-15(16)14-17(20)21/h6-8,10-12,14,22H,4-5,9,13H2,1-3H3. The fourth-order valence-corrected chi connectivity index (χ4v) is 2.52. The summed E-state index contributed by atoms with van der Waals surface area (Å²) >= 11 is 6.78. The minimum atomic E-state index is -0.433. The predicted octanol–water partition coefficient (Wildman–Crippen LogP) is 6.25. The van der Waals surface area contributed by atoms with Crippen LogP contribution in [0.2, 0.25) is 0 Å². The molecule has 0 saturated carbocycles. The summed E-state index contributed by atoms with van der Waals surface area (Å²) in [4.78, 5) is 11.5. The van der Waals surface area contributed by atoms with Gasteiger partial charge in [-0.3, -0.25) is 0 Å². The number of benzene rings is 1. The second-order valence-electron chi connectivity index (χ2n) is 6.38. The van der Waals surface area contributed by atoms with Crippen LogP contribution in [0.25, 0.3) is 6.08 Å². The third-order valence-electron chi connectivity index (χ3n) is 3.00. The number of para-hydroxylation sites is 1. The number of ether oxygens (including phenoxy) is 1. The summed E-state index contributed by atoms with van der Waals surface area (Å²) < 4.78 is 6.13. The van der Waals surface area contributed by atoms with Gasteiger partial charge in [0.2, 0.25) is 0 Å². The number of esters is 1. The zero-order chi connectivity index (χ0) is 18.0. The first-order chi connectivity index (χ1) is 11.3. The molecule has 5 heteroatoms. The first-order valence-corrected chi connectivity index (χ1v) is 9.61. The second kappa shape index (κ2) is 10.7. The Kier molecular flexibility index (Phi) is 9.37. The van der Waals surface area contributed by atoms with Crippen molar-refractivity contribution in [3.63, 3.8) is 0 Å². The molecule has 0 unspecified atom stereocenters. The highest BCUT2D eigenvalue weighted by atomic mass is 79.9. The van der Waals surface area contributed by atoms with Crippen molar-refractivity contribution in [1.29, 1.82) is 0 Å². The maximum atomic E-state index is 11.5. The van der Waals surface area contributed by atoms with E-state index in [1.54, 1.807) is 0 Å². The number of carbonyl (C=O) groups is 1. The monoisotopic (exact) mass is 457 g/mol. The van der Waals surface area contributed by atoms with Gasteiger partial charge in [0.05, 0.1) is 3.39 Å². The van der Waals surface area contributed by atoms with Crippen molar-refractivity contribution >= 4 is 49.6 Å². The quantitative estimate of drug-likeness (QED) is 0.284. The van der Waals surface area contributed by atoms with E-state index in [2.05, 4.69) is 49.3 Å². The van der Waals surface area contributed by atoms with Crippen LogP contribution in [-0.4, -0.2) is 18.1 Å². The second-order valence-corrected chi connectivity index (χ2v) is 9.15. The number of hydrogen-bond donors (Lipinski definition) is 1. The zero-order valence-corrected chi connectivity index (χ0v) is 17.6. The largest absolute Gasteiger partial charge is 0.457 e. The van der Waals surface area contributed by atoms with E-state index in [4.69, 9.17) is 4.74 Å². The summed E-state index contributed by atoms with van der Waals surface area (Å²) in [5, 5.41) is 3.45. The van der Waals surface area contributed by atoms with Crippen molar-refractivity contribution in [2.45, 2.75) is 45.6 Å². The van der Waals surface area contributed by atoms with Gasteiger partial charge in [-0.05, 0) is 89.6 Å². The molecule has 1 rings (SSSR count). The van der Waals surface area contributed by atoms with E-state index in [9.17, 15) is 4.79 Å². The normalized spacial score (nSPS) is 11.4. The molecule has 3 nitrogen and oxygen atoms in total. The first-order valence-electron chi connectivity index (χ1n) is 8.03.